The first-order valence-electron chi connectivity index (χ1n) is 15.2. The van der Waals surface area contributed by atoms with Crippen LogP contribution in [0, 0.1) is 17.3 Å². The van der Waals surface area contributed by atoms with E-state index in [0.717, 1.165) is 42.4 Å². The minimum Gasteiger partial charge on any atom is -0.507 e. The summed E-state index contributed by atoms with van der Waals surface area (Å²) in [6.07, 6.45) is 3.71. The lowest BCUT2D eigenvalue weighted by Crippen LogP contribution is -2.43. The second kappa shape index (κ2) is 13.7. The SMILES string of the molecule is CCCc1ccc(C#Cc2c3c(c(O)c(C(C)=O)c2-c2ccc(CCC)cc2)CC(C(=O)OCC)(C(=O)OCC)C3)cc1. The van der Waals surface area contributed by atoms with E-state index in [9.17, 15) is 19.5 Å². The third-order valence-corrected chi connectivity index (χ3v) is 7.94. The lowest BCUT2D eigenvalue weighted by molar-refractivity contribution is -0.171. The third-order valence-electron chi connectivity index (χ3n) is 7.94. The molecule has 0 spiro atoms. The van der Waals surface area contributed by atoms with Gasteiger partial charge in [0.1, 0.15) is 5.75 Å². The van der Waals surface area contributed by atoms with Gasteiger partial charge in [0, 0.05) is 35.1 Å². The number of phenolic OH excluding ortho intramolecular Hbond substituents is 1. The van der Waals surface area contributed by atoms with Crippen molar-refractivity contribution in [2.45, 2.75) is 73.1 Å². The molecule has 6 nitrogen and oxygen atoms in total. The molecule has 43 heavy (non-hydrogen) atoms. The number of carbonyl (C=O) groups is 3. The molecule has 0 saturated carbocycles. The molecular weight excluding hydrogens is 540 g/mol. The van der Waals surface area contributed by atoms with Crippen molar-refractivity contribution in [3.63, 3.8) is 0 Å². The Kier molecular flexibility index (Phi) is 10.1. The highest BCUT2D eigenvalue weighted by atomic mass is 16.6. The maximum absolute atomic E-state index is 13.4. The van der Waals surface area contributed by atoms with Crippen molar-refractivity contribution >= 4 is 17.7 Å². The standard InChI is InChI=1S/C37H40O6/c1-6-10-25-12-14-27(15-13-25)18-21-29-30-22-37(35(40)42-8-3,36(41)43-9-4)23-31(30)34(39)32(24(5)38)33(29)28-19-16-26(11-7-2)17-20-28/h12-17,19-20,39H,6-11,22-23H2,1-5H3. The van der Waals surface area contributed by atoms with Gasteiger partial charge in [-0.1, -0.05) is 74.9 Å². The van der Waals surface area contributed by atoms with Crippen LogP contribution in [0.3, 0.4) is 0 Å². The van der Waals surface area contributed by atoms with Crippen LogP contribution in [-0.2, 0) is 44.7 Å². The fourth-order valence-corrected chi connectivity index (χ4v) is 5.88. The number of ether oxygens (including phenoxy) is 2. The summed E-state index contributed by atoms with van der Waals surface area (Å²) >= 11 is 0. The van der Waals surface area contributed by atoms with Crippen molar-refractivity contribution < 1.29 is 29.0 Å². The number of hydrogen-bond acceptors (Lipinski definition) is 6. The first-order valence-corrected chi connectivity index (χ1v) is 15.2. The average Bonchev–Trinajstić information content (AvgIpc) is 3.41. The number of esters is 2. The molecule has 0 fully saturated rings. The zero-order valence-corrected chi connectivity index (χ0v) is 25.8. The number of benzene rings is 3. The van der Waals surface area contributed by atoms with Gasteiger partial charge in [-0.25, -0.2) is 0 Å². The van der Waals surface area contributed by atoms with Crippen LogP contribution in [0.2, 0.25) is 0 Å². The number of Topliss-reactive ketones (excluding diaryl/α,β-unsaturated/α-hetero) is 1. The van der Waals surface area contributed by atoms with Crippen molar-refractivity contribution in [1.82, 2.24) is 0 Å². The van der Waals surface area contributed by atoms with Gasteiger partial charge < -0.3 is 14.6 Å². The summed E-state index contributed by atoms with van der Waals surface area (Å²) in [7, 11) is 0. The smallest absolute Gasteiger partial charge is 0.324 e. The molecule has 6 heteroatoms. The van der Waals surface area contributed by atoms with Gasteiger partial charge in [-0.15, -0.1) is 0 Å². The van der Waals surface area contributed by atoms with Crippen molar-refractivity contribution in [2.75, 3.05) is 13.2 Å². The molecule has 0 atom stereocenters. The predicted molar refractivity (Wildman–Crippen MR) is 167 cm³/mol. The first kappa shape index (κ1) is 31.6. The van der Waals surface area contributed by atoms with E-state index in [4.69, 9.17) is 9.47 Å². The minimum absolute atomic E-state index is 0.0634. The normalized spacial score (nSPS) is 13.0. The van der Waals surface area contributed by atoms with E-state index >= 15 is 0 Å². The average molecular weight is 581 g/mol. The summed E-state index contributed by atoms with van der Waals surface area (Å²) in [5.74, 6) is 4.54. The van der Waals surface area contributed by atoms with Gasteiger partial charge in [0.25, 0.3) is 0 Å². The molecule has 0 aromatic heterocycles. The van der Waals surface area contributed by atoms with Crippen LogP contribution in [-0.4, -0.2) is 36.0 Å². The molecule has 0 radical (unpaired) electrons. The summed E-state index contributed by atoms with van der Waals surface area (Å²) < 4.78 is 10.7. The molecule has 4 rings (SSSR count). The molecular formula is C37H40O6. The fourth-order valence-electron chi connectivity index (χ4n) is 5.88. The van der Waals surface area contributed by atoms with Crippen molar-refractivity contribution in [3.8, 4) is 28.7 Å². The fraction of sp³-hybridized carbons (Fsp3) is 0.378. The highest BCUT2D eigenvalue weighted by Crippen LogP contribution is 2.49. The lowest BCUT2D eigenvalue weighted by atomic mass is 9.84. The molecule has 3 aromatic carbocycles. The number of ketones is 1. The van der Waals surface area contributed by atoms with Gasteiger partial charge in [0.15, 0.2) is 11.2 Å². The second-order valence-electron chi connectivity index (χ2n) is 11.0. The van der Waals surface area contributed by atoms with Crippen LogP contribution in [0.1, 0.15) is 91.2 Å². The maximum atomic E-state index is 13.4. The summed E-state index contributed by atoms with van der Waals surface area (Å²) in [5.41, 5.74) is 4.20. The lowest BCUT2D eigenvalue weighted by Gasteiger charge is -2.24. The minimum atomic E-state index is -1.69. The number of fused-ring (bicyclic) bond motifs is 1. The molecule has 0 heterocycles. The summed E-state index contributed by atoms with van der Waals surface area (Å²) in [6.45, 7) is 9.16. The van der Waals surface area contributed by atoms with E-state index < -0.39 is 17.4 Å². The van der Waals surface area contributed by atoms with Crippen molar-refractivity contribution in [3.05, 3.63) is 87.5 Å². The van der Waals surface area contributed by atoms with Gasteiger partial charge in [0.05, 0.1) is 18.8 Å². The van der Waals surface area contributed by atoms with Crippen LogP contribution < -0.4 is 0 Å². The molecule has 1 N–H and O–H groups in total. The summed E-state index contributed by atoms with van der Waals surface area (Å²) in [6, 6.07) is 15.9. The van der Waals surface area contributed by atoms with Crippen LogP contribution in [0.4, 0.5) is 0 Å². The quantitative estimate of drug-likeness (QED) is 0.123. The molecule has 224 valence electrons. The molecule has 0 saturated heterocycles. The van der Waals surface area contributed by atoms with Gasteiger partial charge in [-0.2, -0.15) is 0 Å². The van der Waals surface area contributed by atoms with Crippen LogP contribution in [0.5, 0.6) is 5.75 Å². The Morgan fingerprint density at radius 2 is 1.28 bits per heavy atom. The number of aromatic hydroxyl groups is 1. The predicted octanol–water partition coefficient (Wildman–Crippen LogP) is 6.78. The molecule has 1 aliphatic rings. The number of aryl methyl sites for hydroxylation is 2. The van der Waals surface area contributed by atoms with E-state index in [1.54, 1.807) is 13.8 Å². The number of rotatable bonds is 10. The van der Waals surface area contributed by atoms with Crippen LogP contribution >= 0.6 is 0 Å². The molecule has 0 unspecified atom stereocenters. The van der Waals surface area contributed by atoms with Crippen LogP contribution in [0.15, 0.2) is 48.5 Å². The molecule has 1 aliphatic carbocycles. The number of hydrogen-bond donors (Lipinski definition) is 1. The van der Waals surface area contributed by atoms with Gasteiger partial charge >= 0.3 is 11.9 Å². The van der Waals surface area contributed by atoms with E-state index in [2.05, 4.69) is 37.8 Å². The van der Waals surface area contributed by atoms with E-state index in [0.29, 0.717) is 22.3 Å². The van der Waals surface area contributed by atoms with Gasteiger partial charge in [-0.3, -0.25) is 14.4 Å². The topological polar surface area (TPSA) is 89.9 Å². The maximum Gasteiger partial charge on any atom is 0.324 e. The van der Waals surface area contributed by atoms with E-state index in [1.807, 2.05) is 36.4 Å². The Bertz CT molecular complexity index is 1550. The third kappa shape index (κ3) is 6.37. The van der Waals surface area contributed by atoms with E-state index in [-0.39, 0.29) is 43.2 Å². The Hall–Kier alpha value is -4.37. The molecule has 0 aliphatic heterocycles. The zero-order chi connectivity index (χ0) is 31.1. The Balaban J connectivity index is 2.01. The van der Waals surface area contributed by atoms with Crippen molar-refractivity contribution in [1.29, 1.82) is 0 Å². The Labute approximate surface area is 254 Å². The number of carbonyl (C=O) groups excluding carboxylic acids is 3. The largest absolute Gasteiger partial charge is 0.507 e. The monoisotopic (exact) mass is 580 g/mol. The van der Waals surface area contributed by atoms with Crippen LogP contribution in [0.25, 0.3) is 11.1 Å². The highest BCUT2D eigenvalue weighted by Gasteiger charge is 2.55. The molecule has 0 amide bonds. The molecule has 0 bridgehead atoms. The summed E-state index contributed by atoms with van der Waals surface area (Å²) in [5, 5.41) is 11.6. The Morgan fingerprint density at radius 1 is 0.767 bits per heavy atom. The highest BCUT2D eigenvalue weighted by molar-refractivity contribution is 6.07. The zero-order valence-electron chi connectivity index (χ0n) is 25.8. The van der Waals surface area contributed by atoms with Gasteiger partial charge in [0.2, 0.25) is 0 Å². The molecule has 3 aromatic rings. The number of phenols is 1. The first-order chi connectivity index (χ1) is 20.7. The van der Waals surface area contributed by atoms with Gasteiger partial charge in [-0.05, 0) is 68.0 Å². The van der Waals surface area contributed by atoms with E-state index in [1.165, 1.54) is 12.5 Å². The second-order valence-corrected chi connectivity index (χ2v) is 11.0. The Morgan fingerprint density at radius 3 is 1.77 bits per heavy atom. The summed E-state index contributed by atoms with van der Waals surface area (Å²) in [4.78, 5) is 40.0. The van der Waals surface area contributed by atoms with Crippen molar-refractivity contribution in [2.24, 2.45) is 5.41 Å².